The molecule has 2 aliphatic carbocycles. The Morgan fingerprint density at radius 1 is 0.964 bits per heavy atom. The minimum absolute atomic E-state index is 0.128. The Kier molecular flexibility index (Phi) is 4.13. The summed E-state index contributed by atoms with van der Waals surface area (Å²) in [6, 6.07) is 5.04. The zero-order valence-corrected chi connectivity index (χ0v) is 15.1. The van der Waals surface area contributed by atoms with Crippen LogP contribution < -0.4 is 0 Å². The molecule has 0 aromatic heterocycles. The molecule has 0 spiro atoms. The number of hydrogen-bond acceptors (Lipinski definition) is 5. The minimum atomic E-state index is -6.34. The van der Waals surface area contributed by atoms with E-state index in [9.17, 15) is 35.6 Å². The van der Waals surface area contributed by atoms with Crippen molar-refractivity contribution in [2.24, 2.45) is 17.8 Å². The average molecular weight is 421 g/mol. The van der Waals surface area contributed by atoms with E-state index in [1.807, 2.05) is 0 Å². The molecule has 2 fully saturated rings. The van der Waals surface area contributed by atoms with Gasteiger partial charge in [0, 0.05) is 5.92 Å². The standard InChI is InChI=1S/C17H15F4NO5S/c18-16(19,13-8-9-5-6-10(13)7-9)17(20,21)28(25,26)27-22-14(23)11-3-1-2-4-12(11)15(22)24/h1-4,9-10,13H,5-8H2. The molecule has 4 rings (SSSR count). The molecule has 1 aromatic rings. The summed E-state index contributed by atoms with van der Waals surface area (Å²) in [5.74, 6) is -10.2. The molecule has 1 aromatic carbocycles. The summed E-state index contributed by atoms with van der Waals surface area (Å²) in [4.78, 5) is 24.2. The number of hydroxylamine groups is 2. The van der Waals surface area contributed by atoms with Crippen molar-refractivity contribution in [3.8, 4) is 0 Å². The van der Waals surface area contributed by atoms with Gasteiger partial charge in [-0.15, -0.1) is 9.35 Å². The van der Waals surface area contributed by atoms with Crippen LogP contribution in [0.5, 0.6) is 0 Å². The molecule has 1 aliphatic heterocycles. The summed E-state index contributed by atoms with van der Waals surface area (Å²) in [6.45, 7) is 0. The number of alkyl halides is 4. The van der Waals surface area contributed by atoms with Crippen molar-refractivity contribution >= 4 is 21.9 Å². The number of benzene rings is 1. The van der Waals surface area contributed by atoms with Crippen LogP contribution in [-0.4, -0.2) is 36.5 Å². The van der Waals surface area contributed by atoms with E-state index in [2.05, 4.69) is 4.28 Å². The van der Waals surface area contributed by atoms with E-state index in [0.29, 0.717) is 19.3 Å². The van der Waals surface area contributed by atoms with Crippen molar-refractivity contribution < 1.29 is 39.9 Å². The van der Waals surface area contributed by atoms with Gasteiger partial charge in [0.25, 0.3) is 11.8 Å². The molecule has 0 radical (unpaired) electrons. The first kappa shape index (κ1) is 19.3. The summed E-state index contributed by atoms with van der Waals surface area (Å²) in [6.07, 6.45) is 1.15. The van der Waals surface area contributed by atoms with Crippen molar-refractivity contribution in [3.05, 3.63) is 35.4 Å². The smallest absolute Gasteiger partial charge is 0.266 e. The first-order valence-electron chi connectivity index (χ1n) is 8.65. The van der Waals surface area contributed by atoms with Crippen LogP contribution in [0.3, 0.4) is 0 Å². The van der Waals surface area contributed by atoms with E-state index in [-0.39, 0.29) is 23.5 Å². The summed E-state index contributed by atoms with van der Waals surface area (Å²) < 4.78 is 86.2. The van der Waals surface area contributed by atoms with Gasteiger partial charge in [-0.2, -0.15) is 26.0 Å². The lowest BCUT2D eigenvalue weighted by Gasteiger charge is -2.34. The molecule has 3 atom stereocenters. The Hall–Kier alpha value is -2.01. The van der Waals surface area contributed by atoms with E-state index >= 15 is 0 Å². The maximum absolute atomic E-state index is 14.6. The third-order valence-electron chi connectivity index (χ3n) is 5.84. The zero-order valence-electron chi connectivity index (χ0n) is 14.3. The van der Waals surface area contributed by atoms with Gasteiger partial charge in [-0.25, -0.2) is 0 Å². The fourth-order valence-corrected chi connectivity index (χ4v) is 5.36. The van der Waals surface area contributed by atoms with Gasteiger partial charge >= 0.3 is 21.3 Å². The monoisotopic (exact) mass is 421 g/mol. The number of rotatable bonds is 5. The highest BCUT2D eigenvalue weighted by molar-refractivity contribution is 7.87. The molecule has 28 heavy (non-hydrogen) atoms. The van der Waals surface area contributed by atoms with Crippen LogP contribution in [-0.2, 0) is 14.4 Å². The summed E-state index contributed by atoms with van der Waals surface area (Å²) in [5, 5.41) is -6.02. The van der Waals surface area contributed by atoms with Crippen LogP contribution in [0.4, 0.5) is 17.6 Å². The molecule has 6 nitrogen and oxygen atoms in total. The van der Waals surface area contributed by atoms with Gasteiger partial charge in [-0.3, -0.25) is 9.59 Å². The first-order chi connectivity index (χ1) is 13.0. The second-order valence-electron chi connectivity index (χ2n) is 7.40. The predicted octanol–water partition coefficient (Wildman–Crippen LogP) is 3.21. The van der Waals surface area contributed by atoms with Gasteiger partial charge in [0.1, 0.15) is 0 Å². The molecular weight excluding hydrogens is 406 g/mol. The topological polar surface area (TPSA) is 80.8 Å². The van der Waals surface area contributed by atoms with Crippen LogP contribution >= 0.6 is 0 Å². The molecule has 2 saturated carbocycles. The van der Waals surface area contributed by atoms with Crippen molar-refractivity contribution in [2.75, 3.05) is 0 Å². The highest BCUT2D eigenvalue weighted by Crippen LogP contribution is 2.58. The number of fused-ring (bicyclic) bond motifs is 3. The maximum atomic E-state index is 14.6. The Bertz CT molecular complexity index is 929. The third kappa shape index (κ3) is 2.52. The Labute approximate surface area is 157 Å². The van der Waals surface area contributed by atoms with E-state index in [0.717, 1.165) is 12.1 Å². The number of carbonyl (C=O) groups excluding carboxylic acids is 2. The number of amides is 2. The summed E-state index contributed by atoms with van der Waals surface area (Å²) in [7, 11) is -6.34. The van der Waals surface area contributed by atoms with Crippen LogP contribution in [0.25, 0.3) is 0 Å². The molecular formula is C17H15F4NO5S. The second kappa shape index (κ2) is 5.99. The van der Waals surface area contributed by atoms with Gasteiger partial charge in [0.15, 0.2) is 0 Å². The van der Waals surface area contributed by atoms with E-state index in [1.165, 1.54) is 12.1 Å². The molecule has 2 amide bonds. The third-order valence-corrected chi connectivity index (χ3v) is 7.08. The lowest BCUT2D eigenvalue weighted by atomic mass is 9.84. The second-order valence-corrected chi connectivity index (χ2v) is 8.97. The highest BCUT2D eigenvalue weighted by atomic mass is 32.2. The number of carbonyl (C=O) groups is 2. The fraction of sp³-hybridized carbons (Fsp3) is 0.529. The van der Waals surface area contributed by atoms with Crippen molar-refractivity contribution in [3.63, 3.8) is 0 Å². The predicted molar refractivity (Wildman–Crippen MR) is 85.8 cm³/mol. The number of hydrogen-bond donors (Lipinski definition) is 0. The minimum Gasteiger partial charge on any atom is -0.266 e. The van der Waals surface area contributed by atoms with E-state index < -0.39 is 50.0 Å². The van der Waals surface area contributed by atoms with E-state index in [4.69, 9.17) is 0 Å². The molecule has 2 bridgehead atoms. The van der Waals surface area contributed by atoms with Crippen LogP contribution in [0, 0.1) is 17.8 Å². The van der Waals surface area contributed by atoms with Gasteiger partial charge in [-0.1, -0.05) is 18.6 Å². The largest absolute Gasteiger partial charge is 0.433 e. The molecule has 1 heterocycles. The van der Waals surface area contributed by atoms with Gasteiger partial charge in [-0.05, 0) is 43.2 Å². The Morgan fingerprint density at radius 3 is 2.00 bits per heavy atom. The molecule has 0 saturated heterocycles. The lowest BCUT2D eigenvalue weighted by molar-refractivity contribution is -0.206. The molecule has 0 N–H and O–H groups in total. The summed E-state index contributed by atoms with van der Waals surface area (Å²) in [5.41, 5.74) is -0.545. The normalized spacial score (nSPS) is 27.6. The zero-order chi connectivity index (χ0) is 20.5. The number of halogens is 4. The number of imide groups is 1. The van der Waals surface area contributed by atoms with Gasteiger partial charge in [0.05, 0.1) is 11.1 Å². The van der Waals surface area contributed by atoms with Crippen molar-refractivity contribution in [1.29, 1.82) is 0 Å². The Balaban J connectivity index is 1.61. The highest BCUT2D eigenvalue weighted by Gasteiger charge is 2.73. The van der Waals surface area contributed by atoms with E-state index in [1.54, 1.807) is 0 Å². The fourth-order valence-electron chi connectivity index (χ4n) is 4.45. The van der Waals surface area contributed by atoms with Crippen molar-refractivity contribution in [1.82, 2.24) is 5.06 Å². The van der Waals surface area contributed by atoms with Gasteiger partial charge < -0.3 is 0 Å². The molecule has 152 valence electrons. The molecule has 3 unspecified atom stereocenters. The SMILES string of the molecule is O=C1c2ccccc2C(=O)N1OS(=O)(=O)C(F)(F)C(F)(F)C1CC2CCC1C2. The Morgan fingerprint density at radius 2 is 1.54 bits per heavy atom. The average Bonchev–Trinajstić information content (AvgIpc) is 3.33. The van der Waals surface area contributed by atoms with Gasteiger partial charge in [0.2, 0.25) is 0 Å². The maximum Gasteiger partial charge on any atom is 0.433 e. The first-order valence-corrected chi connectivity index (χ1v) is 10.1. The van der Waals surface area contributed by atoms with Crippen LogP contribution in [0.15, 0.2) is 24.3 Å². The molecule has 3 aliphatic rings. The summed E-state index contributed by atoms with van der Waals surface area (Å²) >= 11 is 0. The quantitative estimate of drug-likeness (QED) is 0.539. The van der Waals surface area contributed by atoms with Crippen LogP contribution in [0.1, 0.15) is 46.4 Å². The molecule has 11 heteroatoms. The number of nitrogens with zero attached hydrogens (tertiary/aromatic N) is 1. The van der Waals surface area contributed by atoms with Crippen molar-refractivity contribution in [2.45, 2.75) is 36.9 Å². The van der Waals surface area contributed by atoms with Crippen LogP contribution in [0.2, 0.25) is 0 Å². The lowest BCUT2D eigenvalue weighted by Crippen LogP contribution is -2.54.